The van der Waals surface area contributed by atoms with Gasteiger partial charge in [-0.1, -0.05) is 0 Å². The van der Waals surface area contributed by atoms with Gasteiger partial charge in [-0.3, -0.25) is 9.59 Å². The van der Waals surface area contributed by atoms with Crippen LogP contribution < -0.4 is 5.32 Å². The number of esters is 2. The predicted octanol–water partition coefficient (Wildman–Crippen LogP) is -0.299. The lowest BCUT2D eigenvalue weighted by Crippen LogP contribution is -2.50. The fourth-order valence-electron chi connectivity index (χ4n) is 1.67. The molecule has 0 saturated carbocycles. The smallest absolute Gasteiger partial charge is 0.323 e. The van der Waals surface area contributed by atoms with Crippen molar-refractivity contribution in [3.63, 3.8) is 0 Å². The van der Waals surface area contributed by atoms with E-state index >= 15 is 0 Å². The van der Waals surface area contributed by atoms with Crippen molar-refractivity contribution in [2.45, 2.75) is 18.9 Å². The molecule has 0 unspecified atom stereocenters. The standard InChI is InChI=1S/C9H15NO4/c1-13-8(11)6-4-3-5-10-7(6)9(12)14-2/h6-7,10H,3-5H2,1-2H3/t6-,7+/m0/s1. The fourth-order valence-corrected chi connectivity index (χ4v) is 1.67. The summed E-state index contributed by atoms with van der Waals surface area (Å²) in [7, 11) is 2.64. The Balaban J connectivity index is 2.68. The van der Waals surface area contributed by atoms with Crippen LogP contribution in [0.4, 0.5) is 0 Å². The maximum absolute atomic E-state index is 11.3. The van der Waals surface area contributed by atoms with Crippen LogP contribution in [0, 0.1) is 5.92 Å². The fraction of sp³-hybridized carbons (Fsp3) is 0.778. The molecule has 1 aliphatic heterocycles. The molecular weight excluding hydrogens is 186 g/mol. The van der Waals surface area contributed by atoms with Crippen LogP contribution in [-0.4, -0.2) is 38.7 Å². The molecule has 2 atom stereocenters. The van der Waals surface area contributed by atoms with E-state index in [9.17, 15) is 9.59 Å². The second-order valence-electron chi connectivity index (χ2n) is 3.23. The van der Waals surface area contributed by atoms with Crippen LogP contribution >= 0.6 is 0 Å². The summed E-state index contributed by atoms with van der Waals surface area (Å²) in [6.45, 7) is 0.729. The zero-order valence-electron chi connectivity index (χ0n) is 8.41. The summed E-state index contributed by atoms with van der Waals surface area (Å²) in [6, 6.07) is -0.554. The van der Waals surface area contributed by atoms with E-state index in [0.717, 1.165) is 13.0 Å². The van der Waals surface area contributed by atoms with Gasteiger partial charge in [0.15, 0.2) is 0 Å². The van der Waals surface area contributed by atoms with E-state index in [-0.39, 0.29) is 5.97 Å². The molecule has 1 N–H and O–H groups in total. The SMILES string of the molecule is COC(=O)[C@H]1CCCN[C@H]1C(=O)OC. The maximum atomic E-state index is 11.3. The summed E-state index contributed by atoms with van der Waals surface area (Å²) >= 11 is 0. The molecule has 1 heterocycles. The molecule has 0 aromatic carbocycles. The van der Waals surface area contributed by atoms with E-state index in [1.54, 1.807) is 0 Å². The maximum Gasteiger partial charge on any atom is 0.323 e. The van der Waals surface area contributed by atoms with Crippen molar-refractivity contribution in [1.82, 2.24) is 5.32 Å². The molecule has 14 heavy (non-hydrogen) atoms. The van der Waals surface area contributed by atoms with E-state index in [0.29, 0.717) is 6.42 Å². The first-order chi connectivity index (χ1) is 6.70. The highest BCUT2D eigenvalue weighted by Crippen LogP contribution is 2.18. The van der Waals surface area contributed by atoms with Crippen LogP contribution in [0.1, 0.15) is 12.8 Å². The quantitative estimate of drug-likeness (QED) is 0.621. The number of carbonyl (C=O) groups is 2. The number of nitrogens with one attached hydrogen (secondary N) is 1. The van der Waals surface area contributed by atoms with E-state index < -0.39 is 17.9 Å². The van der Waals surface area contributed by atoms with Crippen molar-refractivity contribution in [3.05, 3.63) is 0 Å². The van der Waals surface area contributed by atoms with Crippen molar-refractivity contribution in [3.8, 4) is 0 Å². The number of carbonyl (C=O) groups excluding carboxylic acids is 2. The number of rotatable bonds is 2. The third-order valence-electron chi connectivity index (χ3n) is 2.42. The average molecular weight is 201 g/mol. The third kappa shape index (κ3) is 2.23. The minimum absolute atomic E-state index is 0.354. The minimum Gasteiger partial charge on any atom is -0.469 e. The van der Waals surface area contributed by atoms with Crippen LogP contribution in [0.15, 0.2) is 0 Å². The van der Waals surface area contributed by atoms with Crippen LogP contribution in [0.3, 0.4) is 0 Å². The summed E-state index contributed by atoms with van der Waals surface area (Å²) in [5.41, 5.74) is 0. The molecule has 0 aromatic rings. The van der Waals surface area contributed by atoms with Gasteiger partial charge < -0.3 is 14.8 Å². The second-order valence-corrected chi connectivity index (χ2v) is 3.23. The minimum atomic E-state index is -0.554. The van der Waals surface area contributed by atoms with Gasteiger partial charge in [-0.05, 0) is 19.4 Å². The van der Waals surface area contributed by atoms with Crippen LogP contribution in [0.2, 0.25) is 0 Å². The highest BCUT2D eigenvalue weighted by atomic mass is 16.5. The van der Waals surface area contributed by atoms with Gasteiger partial charge in [0.1, 0.15) is 6.04 Å². The average Bonchev–Trinajstić information content (AvgIpc) is 2.27. The van der Waals surface area contributed by atoms with Crippen molar-refractivity contribution in [2.75, 3.05) is 20.8 Å². The Hall–Kier alpha value is -1.10. The Kier molecular flexibility index (Phi) is 3.88. The molecule has 5 nitrogen and oxygen atoms in total. The van der Waals surface area contributed by atoms with Crippen LogP contribution in [-0.2, 0) is 19.1 Å². The first-order valence-corrected chi connectivity index (χ1v) is 4.59. The Labute approximate surface area is 82.8 Å². The molecule has 1 rings (SSSR count). The summed E-state index contributed by atoms with van der Waals surface area (Å²) in [5, 5.41) is 2.96. The molecule has 5 heteroatoms. The number of hydrogen-bond donors (Lipinski definition) is 1. The first kappa shape index (κ1) is 11.0. The van der Waals surface area contributed by atoms with Crippen molar-refractivity contribution in [2.24, 2.45) is 5.92 Å². The Morgan fingerprint density at radius 3 is 2.43 bits per heavy atom. The van der Waals surface area contributed by atoms with Gasteiger partial charge in [0.05, 0.1) is 20.1 Å². The summed E-state index contributed by atoms with van der Waals surface area (Å²) in [4.78, 5) is 22.6. The predicted molar refractivity (Wildman–Crippen MR) is 48.5 cm³/mol. The second kappa shape index (κ2) is 4.95. The van der Waals surface area contributed by atoms with Gasteiger partial charge >= 0.3 is 11.9 Å². The summed E-state index contributed by atoms with van der Waals surface area (Å²) < 4.78 is 9.23. The first-order valence-electron chi connectivity index (χ1n) is 4.59. The lowest BCUT2D eigenvalue weighted by molar-refractivity contribution is -0.156. The Morgan fingerprint density at radius 1 is 1.21 bits per heavy atom. The molecule has 80 valence electrons. The topological polar surface area (TPSA) is 64.6 Å². The van der Waals surface area contributed by atoms with E-state index in [1.807, 2.05) is 0 Å². The largest absolute Gasteiger partial charge is 0.469 e. The van der Waals surface area contributed by atoms with E-state index in [2.05, 4.69) is 14.8 Å². The number of hydrogen-bond acceptors (Lipinski definition) is 5. The van der Waals surface area contributed by atoms with Gasteiger partial charge in [0.25, 0.3) is 0 Å². The molecular formula is C9H15NO4. The molecule has 0 radical (unpaired) electrons. The molecule has 0 aromatic heterocycles. The zero-order chi connectivity index (χ0) is 10.6. The summed E-state index contributed by atoms with van der Waals surface area (Å²) in [6.07, 6.45) is 1.53. The number of methoxy groups -OCH3 is 2. The molecule has 0 amide bonds. The van der Waals surface area contributed by atoms with Crippen molar-refractivity contribution < 1.29 is 19.1 Å². The number of ether oxygens (including phenoxy) is 2. The van der Waals surface area contributed by atoms with Crippen molar-refractivity contribution >= 4 is 11.9 Å². The number of piperidine rings is 1. The van der Waals surface area contributed by atoms with Crippen LogP contribution in [0.5, 0.6) is 0 Å². The molecule has 1 fully saturated rings. The van der Waals surface area contributed by atoms with Gasteiger partial charge in [-0.25, -0.2) is 0 Å². The highest BCUT2D eigenvalue weighted by molar-refractivity contribution is 5.84. The third-order valence-corrected chi connectivity index (χ3v) is 2.42. The van der Waals surface area contributed by atoms with E-state index in [1.165, 1.54) is 14.2 Å². The van der Waals surface area contributed by atoms with Gasteiger partial charge in [0.2, 0.25) is 0 Å². The van der Waals surface area contributed by atoms with Gasteiger partial charge in [0, 0.05) is 0 Å². The van der Waals surface area contributed by atoms with Gasteiger partial charge in [-0.2, -0.15) is 0 Å². The molecule has 0 aliphatic carbocycles. The van der Waals surface area contributed by atoms with Gasteiger partial charge in [-0.15, -0.1) is 0 Å². The lowest BCUT2D eigenvalue weighted by Gasteiger charge is -2.28. The normalized spacial score (nSPS) is 26.7. The molecule has 0 bridgehead atoms. The summed E-state index contributed by atoms with van der Waals surface area (Å²) in [5.74, 6) is -1.17. The molecule has 1 saturated heterocycles. The Morgan fingerprint density at radius 2 is 1.86 bits per heavy atom. The van der Waals surface area contributed by atoms with Crippen molar-refractivity contribution in [1.29, 1.82) is 0 Å². The molecule has 0 spiro atoms. The molecule has 1 aliphatic rings. The zero-order valence-corrected chi connectivity index (χ0v) is 8.41. The monoisotopic (exact) mass is 201 g/mol. The highest BCUT2D eigenvalue weighted by Gasteiger charge is 2.36. The van der Waals surface area contributed by atoms with Crippen LogP contribution in [0.25, 0.3) is 0 Å². The Bertz CT molecular complexity index is 205. The lowest BCUT2D eigenvalue weighted by atomic mass is 9.91. The van der Waals surface area contributed by atoms with E-state index in [4.69, 9.17) is 0 Å².